The third kappa shape index (κ3) is 5.44. The van der Waals surface area contributed by atoms with E-state index < -0.39 is 11.6 Å². The molecule has 1 amide bonds. The zero-order valence-corrected chi connectivity index (χ0v) is 17.6. The number of hydrogen-bond acceptors (Lipinski definition) is 6. The molecule has 0 unspecified atom stereocenters. The van der Waals surface area contributed by atoms with Crippen LogP contribution in [0.2, 0.25) is 10.0 Å². The number of halogens is 2. The highest BCUT2D eigenvalue weighted by Crippen LogP contribution is 2.33. The van der Waals surface area contributed by atoms with Crippen LogP contribution < -0.4 is 15.9 Å². The second kappa shape index (κ2) is 9.69. The summed E-state index contributed by atoms with van der Waals surface area (Å²) in [6.45, 7) is 2.48. The highest BCUT2D eigenvalue weighted by molar-refractivity contribution is 7.13. The van der Waals surface area contributed by atoms with Crippen LogP contribution in [-0.2, 0) is 0 Å². The van der Waals surface area contributed by atoms with Crippen molar-refractivity contribution in [2.45, 2.75) is 13.3 Å². The van der Waals surface area contributed by atoms with Crippen molar-refractivity contribution in [1.82, 2.24) is 15.4 Å². The Morgan fingerprint density at radius 3 is 2.76 bits per heavy atom. The lowest BCUT2D eigenvalue weighted by Gasteiger charge is -2.09. The van der Waals surface area contributed by atoms with Crippen LogP contribution in [-0.4, -0.2) is 28.7 Å². The first-order valence-electron chi connectivity index (χ1n) is 8.58. The third-order valence-corrected chi connectivity index (χ3v) is 5.08. The predicted octanol–water partition coefficient (Wildman–Crippen LogP) is 4.36. The lowest BCUT2D eigenvalue weighted by molar-refractivity contribution is 0.0949. The Bertz CT molecular complexity index is 1070. The molecule has 150 valence electrons. The number of carbonyl (C=O) groups is 1. The molecule has 10 heteroatoms. The quantitative estimate of drug-likeness (QED) is 0.412. The molecular weight excluding hydrogens is 435 g/mol. The largest absolute Gasteiger partial charge is 0.490 e. The first-order chi connectivity index (χ1) is 14.0. The Labute approximate surface area is 180 Å². The molecule has 0 aliphatic carbocycles. The van der Waals surface area contributed by atoms with E-state index in [2.05, 4.69) is 20.5 Å². The number of H-pyrrole nitrogens is 1. The summed E-state index contributed by atoms with van der Waals surface area (Å²) in [7, 11) is 0. The van der Waals surface area contributed by atoms with Crippen LogP contribution in [0.25, 0.3) is 10.6 Å². The number of rotatable bonds is 7. The van der Waals surface area contributed by atoms with Gasteiger partial charge in [0, 0.05) is 0 Å². The summed E-state index contributed by atoms with van der Waals surface area (Å²) in [6, 6.07) is 8.41. The van der Waals surface area contributed by atoms with Gasteiger partial charge in [0.2, 0.25) is 0 Å². The van der Waals surface area contributed by atoms with Gasteiger partial charge in [0.25, 0.3) is 5.91 Å². The minimum atomic E-state index is -0.620. The van der Waals surface area contributed by atoms with Gasteiger partial charge in [-0.2, -0.15) is 10.1 Å². The molecule has 3 aromatic rings. The molecule has 29 heavy (non-hydrogen) atoms. The first-order valence-corrected chi connectivity index (χ1v) is 10.2. The van der Waals surface area contributed by atoms with Gasteiger partial charge < -0.3 is 9.72 Å². The minimum Gasteiger partial charge on any atom is -0.490 e. The van der Waals surface area contributed by atoms with Gasteiger partial charge in [-0.05, 0) is 41.6 Å². The number of hydrazone groups is 1. The molecule has 0 aliphatic rings. The number of ether oxygens (including phenoxy) is 1. The van der Waals surface area contributed by atoms with E-state index in [1.165, 1.54) is 23.6 Å². The smallest absolute Gasteiger partial charge is 0.346 e. The Morgan fingerprint density at radius 1 is 1.34 bits per heavy atom. The highest BCUT2D eigenvalue weighted by Gasteiger charge is 2.12. The van der Waals surface area contributed by atoms with Gasteiger partial charge in [0.15, 0.2) is 5.75 Å². The maximum Gasteiger partial charge on any atom is 0.346 e. The summed E-state index contributed by atoms with van der Waals surface area (Å²) in [5, 5.41) is 6.44. The van der Waals surface area contributed by atoms with Gasteiger partial charge >= 0.3 is 5.69 Å². The lowest BCUT2D eigenvalue weighted by Crippen LogP contribution is -2.24. The van der Waals surface area contributed by atoms with Crippen molar-refractivity contribution in [3.05, 3.63) is 67.5 Å². The Morgan fingerprint density at radius 2 is 2.10 bits per heavy atom. The molecule has 3 rings (SSSR count). The monoisotopic (exact) mass is 450 g/mol. The SMILES string of the molecule is CCCOc1c(Cl)cc(/C=N/NC(=O)c2cc(-c3cccs3)[nH]c(=O)n2)cc1Cl. The van der Waals surface area contributed by atoms with E-state index >= 15 is 0 Å². The number of nitrogens with zero attached hydrogens (tertiary/aromatic N) is 2. The second-order valence-corrected chi connectivity index (χ2v) is 7.59. The number of thiophene rings is 1. The molecule has 2 aromatic heterocycles. The molecule has 0 aliphatic heterocycles. The van der Waals surface area contributed by atoms with Crippen molar-refractivity contribution < 1.29 is 9.53 Å². The van der Waals surface area contributed by atoms with Crippen molar-refractivity contribution in [3.8, 4) is 16.3 Å². The zero-order valence-electron chi connectivity index (χ0n) is 15.2. The number of aromatic nitrogens is 2. The summed E-state index contributed by atoms with van der Waals surface area (Å²) >= 11 is 13.8. The highest BCUT2D eigenvalue weighted by atomic mass is 35.5. The van der Waals surface area contributed by atoms with E-state index in [0.29, 0.717) is 33.7 Å². The number of hydrogen-bond donors (Lipinski definition) is 2. The summed E-state index contributed by atoms with van der Waals surface area (Å²) < 4.78 is 5.51. The lowest BCUT2D eigenvalue weighted by atomic mass is 10.2. The average Bonchev–Trinajstić information content (AvgIpc) is 3.22. The van der Waals surface area contributed by atoms with Gasteiger partial charge in [0.05, 0.1) is 33.4 Å². The topological polar surface area (TPSA) is 96.4 Å². The van der Waals surface area contributed by atoms with Crippen molar-refractivity contribution >= 4 is 46.7 Å². The van der Waals surface area contributed by atoms with Crippen LogP contribution in [0.1, 0.15) is 29.4 Å². The standard InChI is InChI=1S/C19H16Cl2N4O3S/c1-2-5-28-17-12(20)7-11(8-13(17)21)10-22-25-18(26)15-9-14(23-19(27)24-15)16-4-3-6-29-16/h3-4,6-10H,2,5H2,1H3,(H,25,26)(H,23,24,27)/b22-10+. The van der Waals surface area contributed by atoms with Crippen molar-refractivity contribution in [1.29, 1.82) is 0 Å². The molecule has 2 N–H and O–H groups in total. The molecule has 7 nitrogen and oxygen atoms in total. The van der Waals surface area contributed by atoms with Crippen molar-refractivity contribution in [2.75, 3.05) is 6.61 Å². The number of aromatic amines is 1. The summed E-state index contributed by atoms with van der Waals surface area (Å²) in [4.78, 5) is 31.2. The van der Waals surface area contributed by atoms with E-state index in [1.807, 2.05) is 24.4 Å². The van der Waals surface area contributed by atoms with Crippen LogP contribution >= 0.6 is 34.5 Å². The number of benzene rings is 1. The Hall–Kier alpha value is -2.68. The Balaban J connectivity index is 1.72. The van der Waals surface area contributed by atoms with Gasteiger partial charge in [-0.1, -0.05) is 36.2 Å². The fourth-order valence-corrected chi connectivity index (χ4v) is 3.67. The molecule has 0 radical (unpaired) electrons. The first kappa shape index (κ1) is 21.0. The van der Waals surface area contributed by atoms with E-state index in [-0.39, 0.29) is 5.69 Å². The number of carbonyl (C=O) groups excluding carboxylic acids is 1. The molecule has 0 saturated carbocycles. The van der Waals surface area contributed by atoms with Crippen LogP contribution in [0.5, 0.6) is 5.75 Å². The molecule has 0 fully saturated rings. The van der Waals surface area contributed by atoms with Gasteiger partial charge in [-0.3, -0.25) is 4.79 Å². The number of amides is 1. The van der Waals surface area contributed by atoms with Gasteiger partial charge in [-0.25, -0.2) is 10.2 Å². The van der Waals surface area contributed by atoms with Crippen molar-refractivity contribution in [2.24, 2.45) is 5.10 Å². The van der Waals surface area contributed by atoms with Gasteiger partial charge in [-0.15, -0.1) is 11.3 Å². The van der Waals surface area contributed by atoms with E-state index in [9.17, 15) is 9.59 Å². The van der Waals surface area contributed by atoms with E-state index in [1.54, 1.807) is 12.1 Å². The molecular formula is C19H16Cl2N4O3S. The molecule has 0 bridgehead atoms. The van der Waals surface area contributed by atoms with Crippen LogP contribution in [0.3, 0.4) is 0 Å². The van der Waals surface area contributed by atoms with Crippen molar-refractivity contribution in [3.63, 3.8) is 0 Å². The van der Waals surface area contributed by atoms with Crippen LogP contribution in [0.15, 0.2) is 45.6 Å². The normalized spacial score (nSPS) is 11.0. The summed E-state index contributed by atoms with van der Waals surface area (Å²) in [5.74, 6) is -0.213. The van der Waals surface area contributed by atoms with Gasteiger partial charge in [0.1, 0.15) is 5.69 Å². The maximum atomic E-state index is 12.3. The Kier molecular flexibility index (Phi) is 7.03. The second-order valence-electron chi connectivity index (χ2n) is 5.82. The number of nitrogens with one attached hydrogen (secondary N) is 2. The fourth-order valence-electron chi connectivity index (χ4n) is 2.36. The van der Waals surface area contributed by atoms with E-state index in [0.717, 1.165) is 11.3 Å². The minimum absolute atomic E-state index is 0.0475. The average molecular weight is 451 g/mol. The summed E-state index contributed by atoms with van der Waals surface area (Å²) in [6.07, 6.45) is 2.21. The molecule has 1 aromatic carbocycles. The molecule has 2 heterocycles. The fraction of sp³-hybridized carbons (Fsp3) is 0.158. The molecule has 0 spiro atoms. The molecule has 0 saturated heterocycles. The van der Waals surface area contributed by atoms with Crippen LogP contribution in [0, 0.1) is 0 Å². The third-order valence-electron chi connectivity index (χ3n) is 3.61. The van der Waals surface area contributed by atoms with E-state index in [4.69, 9.17) is 27.9 Å². The predicted molar refractivity (Wildman–Crippen MR) is 115 cm³/mol. The zero-order chi connectivity index (χ0) is 20.8. The molecule has 0 atom stereocenters. The van der Waals surface area contributed by atoms with Crippen LogP contribution in [0.4, 0.5) is 0 Å². The maximum absolute atomic E-state index is 12.3. The summed E-state index contributed by atoms with van der Waals surface area (Å²) in [5.41, 5.74) is 2.75.